The molecule has 0 aliphatic rings. The van der Waals surface area contributed by atoms with Gasteiger partial charge in [-0.05, 0) is 61.9 Å². The number of hydrogen-bond acceptors (Lipinski definition) is 6. The number of nitrogens with one attached hydrogen (secondary N) is 2. The van der Waals surface area contributed by atoms with E-state index in [4.69, 9.17) is 4.42 Å². The van der Waals surface area contributed by atoms with Crippen LogP contribution in [0.1, 0.15) is 27.0 Å². The van der Waals surface area contributed by atoms with Gasteiger partial charge in [0.2, 0.25) is 10.0 Å². The highest BCUT2D eigenvalue weighted by Crippen LogP contribution is 2.22. The number of hydrogen-bond donors (Lipinski definition) is 2. The number of thiophene rings is 1. The number of amides is 1. The normalized spacial score (nSPS) is 12.8. The van der Waals surface area contributed by atoms with E-state index in [1.54, 1.807) is 23.5 Å². The third kappa shape index (κ3) is 5.54. The summed E-state index contributed by atoms with van der Waals surface area (Å²) in [6.45, 7) is 0.517. The molecule has 2 aromatic heterocycles. The number of nitrogens with zero attached hydrogens (tertiary/aromatic N) is 1. The second kappa shape index (κ2) is 9.36. The molecule has 29 heavy (non-hydrogen) atoms. The van der Waals surface area contributed by atoms with Crippen molar-refractivity contribution < 1.29 is 17.6 Å². The van der Waals surface area contributed by atoms with E-state index in [-0.39, 0.29) is 23.4 Å². The summed E-state index contributed by atoms with van der Waals surface area (Å²) < 4.78 is 32.3. The quantitative estimate of drug-likeness (QED) is 0.541. The fourth-order valence-corrected chi connectivity index (χ4v) is 4.67. The smallest absolute Gasteiger partial charge is 0.251 e. The van der Waals surface area contributed by atoms with Crippen molar-refractivity contribution in [1.82, 2.24) is 14.9 Å². The van der Waals surface area contributed by atoms with Gasteiger partial charge < -0.3 is 14.6 Å². The summed E-state index contributed by atoms with van der Waals surface area (Å²) in [4.78, 5) is 15.8. The van der Waals surface area contributed by atoms with Gasteiger partial charge in [-0.1, -0.05) is 6.07 Å². The fraction of sp³-hybridized carbons (Fsp3) is 0.250. The SMILES string of the molecule is CN(C)C(CNC(=O)c1ccc(S(=O)(=O)NCc2ccco2)cc1)c1cccs1. The predicted octanol–water partition coefficient (Wildman–Crippen LogP) is 2.85. The maximum Gasteiger partial charge on any atom is 0.251 e. The number of furan rings is 1. The van der Waals surface area contributed by atoms with Gasteiger partial charge in [-0.2, -0.15) is 0 Å². The third-order valence-electron chi connectivity index (χ3n) is 4.39. The van der Waals surface area contributed by atoms with Crippen LogP contribution in [-0.2, 0) is 16.6 Å². The van der Waals surface area contributed by atoms with Gasteiger partial charge in [-0.3, -0.25) is 4.79 Å². The maximum atomic E-state index is 12.5. The van der Waals surface area contributed by atoms with Crippen LogP contribution < -0.4 is 10.0 Å². The van der Waals surface area contributed by atoms with E-state index in [1.807, 2.05) is 36.5 Å². The average Bonchev–Trinajstić information content (AvgIpc) is 3.40. The second-order valence-electron chi connectivity index (χ2n) is 6.63. The number of carbonyl (C=O) groups is 1. The largest absolute Gasteiger partial charge is 0.468 e. The van der Waals surface area contributed by atoms with E-state index in [9.17, 15) is 13.2 Å². The zero-order valence-electron chi connectivity index (χ0n) is 16.2. The molecule has 2 heterocycles. The van der Waals surface area contributed by atoms with Gasteiger partial charge in [0.1, 0.15) is 5.76 Å². The molecule has 0 radical (unpaired) electrons. The van der Waals surface area contributed by atoms with Crippen LogP contribution in [-0.4, -0.2) is 39.9 Å². The van der Waals surface area contributed by atoms with Gasteiger partial charge in [0.15, 0.2) is 0 Å². The van der Waals surface area contributed by atoms with Crippen molar-refractivity contribution in [2.45, 2.75) is 17.5 Å². The van der Waals surface area contributed by atoms with Crippen LogP contribution >= 0.6 is 11.3 Å². The molecular weight excluding hydrogens is 410 g/mol. The summed E-state index contributed by atoms with van der Waals surface area (Å²) in [5, 5.41) is 4.93. The third-order valence-corrected chi connectivity index (χ3v) is 6.78. The first-order chi connectivity index (χ1) is 13.9. The minimum atomic E-state index is -3.69. The summed E-state index contributed by atoms with van der Waals surface area (Å²) in [5.41, 5.74) is 0.402. The lowest BCUT2D eigenvalue weighted by Gasteiger charge is -2.23. The highest BCUT2D eigenvalue weighted by Gasteiger charge is 2.18. The van der Waals surface area contributed by atoms with Crippen LogP contribution in [0.2, 0.25) is 0 Å². The minimum Gasteiger partial charge on any atom is -0.468 e. The van der Waals surface area contributed by atoms with Crippen molar-refractivity contribution in [3.8, 4) is 0 Å². The minimum absolute atomic E-state index is 0.0617. The first-order valence-corrected chi connectivity index (χ1v) is 11.3. The topological polar surface area (TPSA) is 91.7 Å². The first kappa shape index (κ1) is 21.3. The molecule has 154 valence electrons. The predicted molar refractivity (Wildman–Crippen MR) is 112 cm³/mol. The Labute approximate surface area is 174 Å². The molecule has 2 N–H and O–H groups in total. The molecule has 0 bridgehead atoms. The van der Waals surface area contributed by atoms with Gasteiger partial charge in [0, 0.05) is 17.0 Å². The van der Waals surface area contributed by atoms with Gasteiger partial charge in [0.25, 0.3) is 5.91 Å². The Morgan fingerprint density at radius 2 is 1.90 bits per heavy atom. The summed E-state index contributed by atoms with van der Waals surface area (Å²) in [5.74, 6) is 0.270. The number of sulfonamides is 1. The van der Waals surface area contributed by atoms with E-state index in [0.29, 0.717) is 17.9 Å². The fourth-order valence-electron chi connectivity index (χ4n) is 2.76. The molecule has 9 heteroatoms. The molecule has 0 aliphatic carbocycles. The van der Waals surface area contributed by atoms with Crippen molar-refractivity contribution in [2.75, 3.05) is 20.6 Å². The number of likely N-dealkylation sites (N-methyl/N-ethyl adjacent to an activating group) is 1. The molecule has 0 saturated carbocycles. The lowest BCUT2D eigenvalue weighted by atomic mass is 10.2. The molecule has 0 fully saturated rings. The molecular formula is C20H23N3O4S2. The van der Waals surface area contributed by atoms with Gasteiger partial charge in [-0.15, -0.1) is 11.3 Å². The molecule has 1 amide bonds. The van der Waals surface area contributed by atoms with Crippen LogP contribution in [0, 0.1) is 0 Å². The maximum absolute atomic E-state index is 12.5. The Morgan fingerprint density at radius 3 is 2.48 bits per heavy atom. The number of rotatable bonds is 9. The Morgan fingerprint density at radius 1 is 1.14 bits per heavy atom. The summed E-state index contributed by atoms with van der Waals surface area (Å²) in [6.07, 6.45) is 1.48. The second-order valence-corrected chi connectivity index (χ2v) is 9.38. The van der Waals surface area contributed by atoms with E-state index < -0.39 is 10.0 Å². The van der Waals surface area contributed by atoms with Crippen LogP contribution in [0.15, 0.2) is 69.5 Å². The van der Waals surface area contributed by atoms with Crippen molar-refractivity contribution in [3.63, 3.8) is 0 Å². The Bertz CT molecular complexity index is 1010. The summed E-state index contributed by atoms with van der Waals surface area (Å²) in [7, 11) is 0.236. The molecule has 3 aromatic rings. The highest BCUT2D eigenvalue weighted by molar-refractivity contribution is 7.89. The molecule has 1 unspecified atom stereocenters. The lowest BCUT2D eigenvalue weighted by molar-refractivity contribution is 0.0942. The van der Waals surface area contributed by atoms with Crippen molar-refractivity contribution in [1.29, 1.82) is 0 Å². The van der Waals surface area contributed by atoms with Gasteiger partial charge in [-0.25, -0.2) is 13.1 Å². The van der Waals surface area contributed by atoms with Crippen LogP contribution in [0.25, 0.3) is 0 Å². The van der Waals surface area contributed by atoms with E-state index in [2.05, 4.69) is 10.0 Å². The van der Waals surface area contributed by atoms with Crippen molar-refractivity contribution in [2.24, 2.45) is 0 Å². The first-order valence-electron chi connectivity index (χ1n) is 8.97. The molecule has 0 saturated heterocycles. The molecule has 3 rings (SSSR count). The summed E-state index contributed by atoms with van der Waals surface area (Å²) in [6, 6.07) is 13.3. The van der Waals surface area contributed by atoms with E-state index in [1.165, 1.54) is 35.4 Å². The zero-order chi connectivity index (χ0) is 20.9. The Kier molecular flexibility index (Phi) is 6.86. The molecule has 1 aromatic carbocycles. The molecule has 0 aliphatic heterocycles. The number of benzene rings is 1. The molecule has 0 spiro atoms. The van der Waals surface area contributed by atoms with Crippen LogP contribution in [0.5, 0.6) is 0 Å². The van der Waals surface area contributed by atoms with Crippen molar-refractivity contribution >= 4 is 27.3 Å². The van der Waals surface area contributed by atoms with Gasteiger partial charge >= 0.3 is 0 Å². The number of carbonyl (C=O) groups excluding carboxylic acids is 1. The average molecular weight is 434 g/mol. The molecule has 1 atom stereocenters. The van der Waals surface area contributed by atoms with Gasteiger partial charge in [0.05, 0.1) is 23.7 Å². The Balaban J connectivity index is 1.60. The van der Waals surface area contributed by atoms with Crippen LogP contribution in [0.4, 0.5) is 0 Å². The summed E-state index contributed by atoms with van der Waals surface area (Å²) >= 11 is 1.64. The monoisotopic (exact) mass is 433 g/mol. The standard InChI is InChI=1S/C20H23N3O4S2/c1-23(2)18(19-6-4-12-28-19)14-21-20(24)15-7-9-17(10-8-15)29(25,26)22-13-16-5-3-11-27-16/h3-12,18,22H,13-14H2,1-2H3,(H,21,24). The molecule has 7 nitrogen and oxygen atoms in total. The Hall–Kier alpha value is -2.46. The van der Waals surface area contributed by atoms with Crippen molar-refractivity contribution in [3.05, 3.63) is 76.4 Å². The highest BCUT2D eigenvalue weighted by atomic mass is 32.2. The van der Waals surface area contributed by atoms with E-state index >= 15 is 0 Å². The van der Waals surface area contributed by atoms with Crippen LogP contribution in [0.3, 0.4) is 0 Å². The lowest BCUT2D eigenvalue weighted by Crippen LogP contribution is -2.34. The zero-order valence-corrected chi connectivity index (χ0v) is 17.8. The van der Waals surface area contributed by atoms with E-state index in [0.717, 1.165) is 0 Å².